The highest BCUT2D eigenvalue weighted by molar-refractivity contribution is 5.70. The lowest BCUT2D eigenvalue weighted by molar-refractivity contribution is -0.140. The van der Waals surface area contributed by atoms with Gasteiger partial charge in [0, 0.05) is 0 Å². The standard InChI is InChI=1S/C14H20O3/c1-9-6-12(11(3)8-14(15)17-5)13(16-4)7-10(9)2/h6-7,11H,8H2,1-5H3. The molecule has 0 aliphatic carbocycles. The lowest BCUT2D eigenvalue weighted by Gasteiger charge is -2.16. The maximum Gasteiger partial charge on any atom is 0.306 e. The van der Waals surface area contributed by atoms with Crippen molar-refractivity contribution < 1.29 is 14.3 Å². The van der Waals surface area contributed by atoms with Gasteiger partial charge in [-0.15, -0.1) is 0 Å². The van der Waals surface area contributed by atoms with Crippen LogP contribution in [-0.4, -0.2) is 20.2 Å². The van der Waals surface area contributed by atoms with Crippen molar-refractivity contribution in [3.8, 4) is 5.75 Å². The maximum absolute atomic E-state index is 11.3. The van der Waals surface area contributed by atoms with Crippen LogP contribution < -0.4 is 4.74 Å². The predicted molar refractivity (Wildman–Crippen MR) is 67.5 cm³/mol. The number of methoxy groups -OCH3 is 2. The summed E-state index contributed by atoms with van der Waals surface area (Å²) in [7, 11) is 3.06. The summed E-state index contributed by atoms with van der Waals surface area (Å²) < 4.78 is 10.1. The molecule has 0 aliphatic heterocycles. The second-order valence-corrected chi connectivity index (χ2v) is 4.36. The first-order valence-electron chi connectivity index (χ1n) is 5.71. The van der Waals surface area contributed by atoms with Crippen molar-refractivity contribution in [2.75, 3.05) is 14.2 Å². The summed E-state index contributed by atoms with van der Waals surface area (Å²) in [5.74, 6) is 0.735. The van der Waals surface area contributed by atoms with Crippen LogP contribution >= 0.6 is 0 Å². The van der Waals surface area contributed by atoms with Crippen LogP contribution in [0.5, 0.6) is 5.75 Å². The van der Waals surface area contributed by atoms with Gasteiger partial charge in [-0.25, -0.2) is 0 Å². The van der Waals surface area contributed by atoms with Gasteiger partial charge in [-0.05, 0) is 42.5 Å². The van der Waals surface area contributed by atoms with Gasteiger partial charge in [0.15, 0.2) is 0 Å². The molecule has 17 heavy (non-hydrogen) atoms. The summed E-state index contributed by atoms with van der Waals surface area (Å²) in [5.41, 5.74) is 3.45. The number of ether oxygens (including phenoxy) is 2. The van der Waals surface area contributed by atoms with E-state index in [1.807, 2.05) is 19.9 Å². The lowest BCUT2D eigenvalue weighted by Crippen LogP contribution is -2.07. The zero-order chi connectivity index (χ0) is 13.0. The molecule has 0 bridgehead atoms. The molecule has 1 aromatic carbocycles. The molecule has 1 rings (SSSR count). The molecule has 0 saturated heterocycles. The van der Waals surface area contributed by atoms with E-state index in [2.05, 4.69) is 13.0 Å². The van der Waals surface area contributed by atoms with Gasteiger partial charge < -0.3 is 9.47 Å². The van der Waals surface area contributed by atoms with Crippen LogP contribution in [-0.2, 0) is 9.53 Å². The molecule has 0 saturated carbocycles. The van der Waals surface area contributed by atoms with Crippen molar-refractivity contribution in [3.05, 3.63) is 28.8 Å². The quantitative estimate of drug-likeness (QED) is 0.754. The molecule has 1 unspecified atom stereocenters. The second kappa shape index (κ2) is 5.71. The minimum atomic E-state index is -0.196. The van der Waals surface area contributed by atoms with Crippen LogP contribution in [0.2, 0.25) is 0 Å². The number of esters is 1. The third-order valence-corrected chi connectivity index (χ3v) is 3.08. The maximum atomic E-state index is 11.3. The Hall–Kier alpha value is -1.51. The SMILES string of the molecule is COC(=O)CC(C)c1cc(C)c(C)cc1OC. The Morgan fingerprint density at radius 2 is 1.82 bits per heavy atom. The number of rotatable bonds is 4. The molecule has 3 nitrogen and oxygen atoms in total. The van der Waals surface area contributed by atoms with E-state index in [0.717, 1.165) is 11.3 Å². The summed E-state index contributed by atoms with van der Waals surface area (Å²) >= 11 is 0. The topological polar surface area (TPSA) is 35.5 Å². The smallest absolute Gasteiger partial charge is 0.306 e. The highest BCUT2D eigenvalue weighted by Crippen LogP contribution is 2.31. The van der Waals surface area contributed by atoms with Crippen LogP contribution in [0, 0.1) is 13.8 Å². The molecule has 0 radical (unpaired) electrons. The molecule has 94 valence electrons. The Balaban J connectivity index is 3.03. The normalized spacial score (nSPS) is 12.1. The summed E-state index contributed by atoms with van der Waals surface area (Å²) in [5, 5.41) is 0. The molecule has 0 aromatic heterocycles. The minimum absolute atomic E-state index is 0.0942. The second-order valence-electron chi connectivity index (χ2n) is 4.36. The first-order chi connectivity index (χ1) is 7.99. The van der Waals surface area contributed by atoms with E-state index in [9.17, 15) is 4.79 Å². The Labute approximate surface area is 103 Å². The van der Waals surface area contributed by atoms with Crippen molar-refractivity contribution in [3.63, 3.8) is 0 Å². The average Bonchev–Trinajstić information content (AvgIpc) is 2.31. The monoisotopic (exact) mass is 236 g/mol. The van der Waals surface area contributed by atoms with Crippen LogP contribution in [0.3, 0.4) is 0 Å². The van der Waals surface area contributed by atoms with Crippen LogP contribution in [0.1, 0.15) is 36.0 Å². The Morgan fingerprint density at radius 1 is 1.24 bits per heavy atom. The van der Waals surface area contributed by atoms with Crippen molar-refractivity contribution in [2.45, 2.75) is 33.1 Å². The molecule has 1 aromatic rings. The Kier molecular flexibility index (Phi) is 4.55. The van der Waals surface area contributed by atoms with E-state index >= 15 is 0 Å². The molecular weight excluding hydrogens is 216 g/mol. The first-order valence-corrected chi connectivity index (χ1v) is 5.71. The number of carbonyl (C=O) groups excluding carboxylic acids is 1. The van der Waals surface area contributed by atoms with Crippen molar-refractivity contribution >= 4 is 5.97 Å². The highest BCUT2D eigenvalue weighted by atomic mass is 16.5. The number of hydrogen-bond acceptors (Lipinski definition) is 3. The number of carbonyl (C=O) groups is 1. The van der Waals surface area contributed by atoms with E-state index in [4.69, 9.17) is 9.47 Å². The van der Waals surface area contributed by atoms with Gasteiger partial charge in [0.25, 0.3) is 0 Å². The van der Waals surface area contributed by atoms with E-state index in [0.29, 0.717) is 6.42 Å². The van der Waals surface area contributed by atoms with E-state index in [1.165, 1.54) is 18.2 Å². The fourth-order valence-electron chi connectivity index (χ4n) is 1.82. The average molecular weight is 236 g/mol. The molecule has 0 heterocycles. The molecule has 0 spiro atoms. The summed E-state index contributed by atoms with van der Waals surface area (Å²) in [6.45, 7) is 6.11. The van der Waals surface area contributed by atoms with Crippen molar-refractivity contribution in [2.24, 2.45) is 0 Å². The van der Waals surface area contributed by atoms with Crippen LogP contribution in [0.4, 0.5) is 0 Å². The molecule has 0 N–H and O–H groups in total. The molecular formula is C14H20O3. The van der Waals surface area contributed by atoms with E-state index in [-0.39, 0.29) is 11.9 Å². The Bertz CT molecular complexity index is 410. The third kappa shape index (κ3) is 3.22. The number of aryl methyl sites for hydroxylation is 2. The van der Waals surface area contributed by atoms with Gasteiger partial charge >= 0.3 is 5.97 Å². The van der Waals surface area contributed by atoms with E-state index < -0.39 is 0 Å². The van der Waals surface area contributed by atoms with Crippen molar-refractivity contribution in [1.29, 1.82) is 0 Å². The fourth-order valence-corrected chi connectivity index (χ4v) is 1.82. The lowest BCUT2D eigenvalue weighted by atomic mass is 9.93. The molecule has 0 amide bonds. The summed E-state index contributed by atoms with van der Waals surface area (Å²) in [6, 6.07) is 4.10. The van der Waals surface area contributed by atoms with E-state index in [1.54, 1.807) is 7.11 Å². The van der Waals surface area contributed by atoms with Gasteiger partial charge in [-0.3, -0.25) is 4.79 Å². The molecule has 1 atom stereocenters. The highest BCUT2D eigenvalue weighted by Gasteiger charge is 2.16. The zero-order valence-corrected chi connectivity index (χ0v) is 11.2. The minimum Gasteiger partial charge on any atom is -0.496 e. The van der Waals surface area contributed by atoms with Gasteiger partial charge in [0.2, 0.25) is 0 Å². The number of benzene rings is 1. The van der Waals surface area contributed by atoms with Gasteiger partial charge in [0.1, 0.15) is 5.75 Å². The molecule has 0 aliphatic rings. The van der Waals surface area contributed by atoms with Crippen molar-refractivity contribution in [1.82, 2.24) is 0 Å². The van der Waals surface area contributed by atoms with Crippen LogP contribution in [0.25, 0.3) is 0 Å². The number of hydrogen-bond donors (Lipinski definition) is 0. The first kappa shape index (κ1) is 13.6. The molecule has 3 heteroatoms. The Morgan fingerprint density at radius 3 is 2.35 bits per heavy atom. The third-order valence-electron chi connectivity index (χ3n) is 3.08. The fraction of sp³-hybridized carbons (Fsp3) is 0.500. The summed E-state index contributed by atoms with van der Waals surface area (Å²) in [6.07, 6.45) is 0.370. The van der Waals surface area contributed by atoms with Crippen LogP contribution in [0.15, 0.2) is 12.1 Å². The predicted octanol–water partition coefficient (Wildman–Crippen LogP) is 2.98. The van der Waals surface area contributed by atoms with Gasteiger partial charge in [-0.1, -0.05) is 13.0 Å². The largest absolute Gasteiger partial charge is 0.496 e. The summed E-state index contributed by atoms with van der Waals surface area (Å²) in [4.78, 5) is 11.3. The molecule has 0 fully saturated rings. The van der Waals surface area contributed by atoms with Gasteiger partial charge in [-0.2, -0.15) is 0 Å². The van der Waals surface area contributed by atoms with Gasteiger partial charge in [0.05, 0.1) is 20.6 Å². The zero-order valence-electron chi connectivity index (χ0n) is 11.2.